The summed E-state index contributed by atoms with van der Waals surface area (Å²) in [4.78, 5) is 25.0. The molecule has 0 spiro atoms. The van der Waals surface area contributed by atoms with Crippen LogP contribution in [0.3, 0.4) is 0 Å². The molecule has 130 valence electrons. The van der Waals surface area contributed by atoms with E-state index >= 15 is 0 Å². The van der Waals surface area contributed by atoms with E-state index in [1.807, 2.05) is 0 Å². The van der Waals surface area contributed by atoms with Gasteiger partial charge < -0.3 is 19.5 Å². The number of halogens is 1. The van der Waals surface area contributed by atoms with Gasteiger partial charge in [-0.2, -0.15) is 0 Å². The van der Waals surface area contributed by atoms with Crippen molar-refractivity contribution in [2.24, 2.45) is 0 Å². The highest BCUT2D eigenvalue weighted by Crippen LogP contribution is 2.24. The third kappa shape index (κ3) is 4.97. The Morgan fingerprint density at radius 1 is 1.42 bits per heavy atom. The molecule has 0 saturated carbocycles. The summed E-state index contributed by atoms with van der Waals surface area (Å²) in [6.07, 6.45) is 4.20. The highest BCUT2D eigenvalue weighted by atomic mass is 35.5. The molecule has 7 heteroatoms. The van der Waals surface area contributed by atoms with Gasteiger partial charge in [0.2, 0.25) is 5.91 Å². The molecular weight excluding hydrogens is 334 g/mol. The van der Waals surface area contributed by atoms with Crippen LogP contribution in [0.1, 0.15) is 18.4 Å². The van der Waals surface area contributed by atoms with E-state index in [2.05, 4.69) is 0 Å². The number of carbonyl (C=O) groups excluding carboxylic acids is 1. The van der Waals surface area contributed by atoms with Crippen molar-refractivity contribution in [3.63, 3.8) is 0 Å². The van der Waals surface area contributed by atoms with Gasteiger partial charge >= 0.3 is 5.97 Å². The van der Waals surface area contributed by atoms with E-state index in [1.54, 1.807) is 24.3 Å². The molecule has 0 aromatic heterocycles. The highest BCUT2D eigenvalue weighted by molar-refractivity contribution is 6.30. The molecule has 1 aromatic rings. The molecule has 0 aliphatic carbocycles. The zero-order chi connectivity index (χ0) is 17.5. The number of carbonyl (C=O) groups is 2. The van der Waals surface area contributed by atoms with Crippen LogP contribution in [0.4, 0.5) is 0 Å². The van der Waals surface area contributed by atoms with Crippen LogP contribution >= 0.6 is 11.6 Å². The molecule has 0 bridgehead atoms. The fourth-order valence-corrected chi connectivity index (χ4v) is 2.80. The first-order chi connectivity index (χ1) is 11.5. The lowest BCUT2D eigenvalue weighted by atomic mass is 10.1. The molecule has 1 saturated heterocycles. The second-order valence-corrected chi connectivity index (χ2v) is 5.86. The van der Waals surface area contributed by atoms with Gasteiger partial charge in [-0.3, -0.25) is 9.59 Å². The van der Waals surface area contributed by atoms with Crippen LogP contribution in [0.15, 0.2) is 24.3 Å². The van der Waals surface area contributed by atoms with Gasteiger partial charge in [-0.1, -0.05) is 11.6 Å². The summed E-state index contributed by atoms with van der Waals surface area (Å²) >= 11 is 5.97. The van der Waals surface area contributed by atoms with Crippen LogP contribution in [0.2, 0.25) is 5.02 Å². The van der Waals surface area contributed by atoms with Gasteiger partial charge in [-0.25, -0.2) is 0 Å². The number of ether oxygens (including phenoxy) is 2. The maximum Gasteiger partial charge on any atom is 0.323 e. The summed E-state index contributed by atoms with van der Waals surface area (Å²) in [5.41, 5.74) is 0.653. The average molecular weight is 354 g/mol. The number of rotatable bonds is 6. The Morgan fingerprint density at radius 3 is 2.75 bits per heavy atom. The summed E-state index contributed by atoms with van der Waals surface area (Å²) in [6, 6.07) is 4.95. The van der Waals surface area contributed by atoms with Gasteiger partial charge in [-0.05, 0) is 37.1 Å². The van der Waals surface area contributed by atoms with Gasteiger partial charge in [-0.15, -0.1) is 0 Å². The lowest BCUT2D eigenvalue weighted by Crippen LogP contribution is -2.45. The zero-order valence-electron chi connectivity index (χ0n) is 13.4. The summed E-state index contributed by atoms with van der Waals surface area (Å²) in [5.74, 6) is -0.811. The van der Waals surface area contributed by atoms with Crippen LogP contribution in [-0.4, -0.2) is 54.8 Å². The fraction of sp³-hybridized carbons (Fsp3) is 0.412. The topological polar surface area (TPSA) is 76.1 Å². The number of aliphatic carboxylic acids is 1. The minimum Gasteiger partial charge on any atom is -0.496 e. The van der Waals surface area contributed by atoms with Crippen molar-refractivity contribution in [3.05, 3.63) is 34.9 Å². The van der Waals surface area contributed by atoms with Crippen molar-refractivity contribution >= 4 is 29.6 Å². The van der Waals surface area contributed by atoms with E-state index in [-0.39, 0.29) is 18.5 Å². The molecule has 1 amide bonds. The average Bonchev–Trinajstić information content (AvgIpc) is 2.58. The molecule has 2 rings (SSSR count). The lowest BCUT2D eigenvalue weighted by Gasteiger charge is -2.32. The molecule has 1 N–H and O–H groups in total. The second-order valence-electron chi connectivity index (χ2n) is 5.42. The number of methoxy groups -OCH3 is 1. The van der Waals surface area contributed by atoms with Crippen LogP contribution in [0, 0.1) is 0 Å². The van der Waals surface area contributed by atoms with Gasteiger partial charge in [0.25, 0.3) is 0 Å². The number of hydrogen-bond acceptors (Lipinski definition) is 4. The van der Waals surface area contributed by atoms with Crippen molar-refractivity contribution in [1.82, 2.24) is 4.90 Å². The number of benzene rings is 1. The number of nitrogens with zero attached hydrogens (tertiary/aromatic N) is 1. The van der Waals surface area contributed by atoms with Crippen molar-refractivity contribution in [2.75, 3.05) is 26.9 Å². The number of hydrogen-bond donors (Lipinski definition) is 1. The monoisotopic (exact) mass is 353 g/mol. The first-order valence-corrected chi connectivity index (χ1v) is 8.01. The van der Waals surface area contributed by atoms with Crippen LogP contribution in [0.5, 0.6) is 5.75 Å². The smallest absolute Gasteiger partial charge is 0.323 e. The quantitative estimate of drug-likeness (QED) is 0.795. The predicted octanol–water partition coefficient (Wildman–Crippen LogP) is 2.45. The first-order valence-electron chi connectivity index (χ1n) is 7.63. The Balaban J connectivity index is 2.17. The molecule has 0 unspecified atom stereocenters. The Bertz CT molecular complexity index is 625. The Labute approximate surface area is 145 Å². The maximum atomic E-state index is 12.5. The zero-order valence-corrected chi connectivity index (χ0v) is 14.2. The van der Waals surface area contributed by atoms with Gasteiger partial charge in [0.1, 0.15) is 12.3 Å². The molecular formula is C17H20ClNO5. The van der Waals surface area contributed by atoms with Gasteiger partial charge in [0.15, 0.2) is 0 Å². The van der Waals surface area contributed by atoms with E-state index in [1.165, 1.54) is 18.1 Å². The molecule has 1 aromatic carbocycles. The first kappa shape index (κ1) is 18.3. The van der Waals surface area contributed by atoms with Gasteiger partial charge in [0.05, 0.1) is 7.11 Å². The highest BCUT2D eigenvalue weighted by Gasteiger charge is 2.26. The molecule has 1 aliphatic heterocycles. The number of carboxylic acid groups (broad SMARTS) is 1. The lowest BCUT2D eigenvalue weighted by molar-refractivity contribution is -0.145. The molecule has 1 heterocycles. The predicted molar refractivity (Wildman–Crippen MR) is 90.2 cm³/mol. The second kappa shape index (κ2) is 8.70. The molecule has 1 fully saturated rings. The minimum absolute atomic E-state index is 0.131. The van der Waals surface area contributed by atoms with Crippen molar-refractivity contribution in [2.45, 2.75) is 18.9 Å². The normalized spacial score (nSPS) is 15.4. The molecule has 24 heavy (non-hydrogen) atoms. The van der Waals surface area contributed by atoms with E-state index in [9.17, 15) is 9.59 Å². The van der Waals surface area contributed by atoms with E-state index in [0.29, 0.717) is 42.4 Å². The van der Waals surface area contributed by atoms with Crippen molar-refractivity contribution in [1.29, 1.82) is 0 Å². The number of amides is 1. The van der Waals surface area contributed by atoms with Gasteiger partial charge in [0, 0.05) is 35.9 Å². The summed E-state index contributed by atoms with van der Waals surface area (Å²) in [5, 5.41) is 9.60. The van der Waals surface area contributed by atoms with Crippen molar-refractivity contribution in [3.8, 4) is 5.75 Å². The fourth-order valence-electron chi connectivity index (χ4n) is 2.62. The standard InChI is InChI=1S/C17H20ClNO5/c1-23-15-4-3-13(18)10-12(15)2-5-16(20)19(11-17(21)22)14-6-8-24-9-7-14/h2-5,10,14H,6-9,11H2,1H3,(H,21,22). The summed E-state index contributed by atoms with van der Waals surface area (Å²) < 4.78 is 10.5. The van der Waals surface area contributed by atoms with E-state index < -0.39 is 5.97 Å². The van der Waals surface area contributed by atoms with Crippen LogP contribution in [-0.2, 0) is 14.3 Å². The van der Waals surface area contributed by atoms with Crippen LogP contribution in [0.25, 0.3) is 6.08 Å². The van der Waals surface area contributed by atoms with E-state index in [0.717, 1.165) is 0 Å². The molecule has 0 radical (unpaired) electrons. The van der Waals surface area contributed by atoms with Crippen molar-refractivity contribution < 1.29 is 24.2 Å². The minimum atomic E-state index is -1.04. The summed E-state index contributed by atoms with van der Waals surface area (Å²) in [6.45, 7) is 0.723. The largest absolute Gasteiger partial charge is 0.496 e. The Morgan fingerprint density at radius 2 is 2.12 bits per heavy atom. The number of carboxylic acids is 1. The van der Waals surface area contributed by atoms with E-state index in [4.69, 9.17) is 26.2 Å². The third-order valence-corrected chi connectivity index (χ3v) is 4.05. The molecule has 0 atom stereocenters. The summed E-state index contributed by atoms with van der Waals surface area (Å²) in [7, 11) is 1.53. The Hall–Kier alpha value is -2.05. The van der Waals surface area contributed by atoms with Crippen LogP contribution < -0.4 is 4.74 Å². The Kier molecular flexibility index (Phi) is 6.63. The molecule has 1 aliphatic rings. The third-order valence-electron chi connectivity index (χ3n) is 3.82. The maximum absolute atomic E-state index is 12.5. The SMILES string of the molecule is COc1ccc(Cl)cc1C=CC(=O)N(CC(=O)O)C1CCOCC1. The molecule has 6 nitrogen and oxygen atoms in total.